The molecule has 0 fully saturated rings. The molecule has 0 radical (unpaired) electrons. The maximum atomic E-state index is 10.6. The number of hydrogen-bond donors (Lipinski definition) is 1. The zero-order chi connectivity index (χ0) is 13.3. The van der Waals surface area contributed by atoms with Gasteiger partial charge in [0.25, 0.3) is 0 Å². The molecule has 0 saturated heterocycles. The summed E-state index contributed by atoms with van der Waals surface area (Å²) < 4.78 is 1.15. The summed E-state index contributed by atoms with van der Waals surface area (Å²) in [6, 6.07) is 11.6. The summed E-state index contributed by atoms with van der Waals surface area (Å²) in [6.45, 7) is 3.99. The first-order valence-electron chi connectivity index (χ1n) is 5.61. The fraction of sp³-hybridized carbons (Fsp3) is 0.286. The normalized spacial score (nSPS) is 13.6. The summed E-state index contributed by atoms with van der Waals surface area (Å²) in [6.07, 6.45) is -0.684. The average molecular weight is 301 g/mol. The second kappa shape index (κ2) is 5.22. The van der Waals surface area contributed by atoms with Gasteiger partial charge in [-0.3, -0.25) is 0 Å². The van der Waals surface area contributed by atoms with E-state index in [4.69, 9.17) is 23.2 Å². The summed E-state index contributed by atoms with van der Waals surface area (Å²) >= 11 is 13.3. The predicted molar refractivity (Wildman–Crippen MR) is 78.8 cm³/mol. The molecule has 1 aromatic heterocycles. The van der Waals surface area contributed by atoms with E-state index in [2.05, 4.69) is 0 Å². The highest BCUT2D eigenvalue weighted by atomic mass is 35.5. The molecular weight excluding hydrogens is 287 g/mol. The number of aliphatic hydroxyl groups excluding tert-OH is 1. The van der Waals surface area contributed by atoms with Gasteiger partial charge in [0.05, 0.1) is 10.4 Å². The summed E-state index contributed by atoms with van der Waals surface area (Å²) in [5, 5.41) is 10.6. The van der Waals surface area contributed by atoms with Crippen molar-refractivity contribution >= 4 is 34.5 Å². The smallest absolute Gasteiger partial charge is 0.100 e. The molecule has 0 aliphatic heterocycles. The second-order valence-corrected chi connectivity index (χ2v) is 7.06. The largest absolute Gasteiger partial charge is 0.387 e. The Morgan fingerprint density at radius 1 is 1.17 bits per heavy atom. The second-order valence-electron chi connectivity index (χ2n) is 4.77. The van der Waals surface area contributed by atoms with Gasteiger partial charge in [-0.25, -0.2) is 0 Å². The van der Waals surface area contributed by atoms with Gasteiger partial charge in [0.15, 0.2) is 0 Å². The van der Waals surface area contributed by atoms with E-state index < -0.39 is 11.5 Å². The molecule has 1 unspecified atom stereocenters. The van der Waals surface area contributed by atoms with Crippen molar-refractivity contribution in [2.45, 2.75) is 25.4 Å². The van der Waals surface area contributed by atoms with E-state index in [1.807, 2.05) is 44.2 Å². The van der Waals surface area contributed by atoms with Gasteiger partial charge in [-0.05, 0) is 11.6 Å². The minimum atomic E-state index is -0.684. The van der Waals surface area contributed by atoms with Gasteiger partial charge < -0.3 is 5.11 Å². The number of rotatable bonds is 3. The molecular formula is C14H14Cl2OS. The van der Waals surface area contributed by atoms with Crippen molar-refractivity contribution in [2.75, 3.05) is 0 Å². The Kier molecular flexibility index (Phi) is 4.02. The lowest BCUT2D eigenvalue weighted by molar-refractivity contribution is 0.101. The van der Waals surface area contributed by atoms with Crippen LogP contribution in [-0.2, 0) is 5.41 Å². The number of aliphatic hydroxyl groups is 1. The van der Waals surface area contributed by atoms with E-state index >= 15 is 0 Å². The van der Waals surface area contributed by atoms with Crippen molar-refractivity contribution in [1.29, 1.82) is 0 Å². The van der Waals surface area contributed by atoms with Crippen molar-refractivity contribution in [3.63, 3.8) is 0 Å². The number of hydrogen-bond acceptors (Lipinski definition) is 2. The molecule has 0 aliphatic rings. The Balaban J connectivity index is 2.39. The third kappa shape index (κ3) is 2.57. The third-order valence-electron chi connectivity index (χ3n) is 3.18. The Hall–Kier alpha value is -0.540. The van der Waals surface area contributed by atoms with Crippen molar-refractivity contribution in [1.82, 2.24) is 0 Å². The molecule has 0 saturated carbocycles. The minimum Gasteiger partial charge on any atom is -0.387 e. The lowest BCUT2D eigenvalue weighted by Crippen LogP contribution is -2.26. The van der Waals surface area contributed by atoms with Crippen LogP contribution >= 0.6 is 34.5 Å². The summed E-state index contributed by atoms with van der Waals surface area (Å²) in [4.78, 5) is 0. The first-order valence-corrected chi connectivity index (χ1v) is 7.18. The van der Waals surface area contributed by atoms with E-state index in [0.29, 0.717) is 14.2 Å². The van der Waals surface area contributed by atoms with Gasteiger partial charge in [0, 0.05) is 11.0 Å². The van der Waals surface area contributed by atoms with Crippen LogP contribution in [0.2, 0.25) is 8.67 Å². The SMILES string of the molecule is CC(C)(c1ccccc1)C(O)c1cc(Cl)sc1Cl. The van der Waals surface area contributed by atoms with Crippen LogP contribution in [0, 0.1) is 0 Å². The first kappa shape index (κ1) is 13.9. The van der Waals surface area contributed by atoms with Crippen LogP contribution < -0.4 is 0 Å². The van der Waals surface area contributed by atoms with Crippen molar-refractivity contribution < 1.29 is 5.11 Å². The van der Waals surface area contributed by atoms with E-state index in [0.717, 1.165) is 5.56 Å². The molecule has 4 heteroatoms. The maximum absolute atomic E-state index is 10.6. The number of halogens is 2. The molecule has 1 N–H and O–H groups in total. The molecule has 0 amide bonds. The topological polar surface area (TPSA) is 20.2 Å². The summed E-state index contributed by atoms with van der Waals surface area (Å²) in [7, 11) is 0. The van der Waals surface area contributed by atoms with Crippen molar-refractivity contribution in [3.05, 3.63) is 56.2 Å². The van der Waals surface area contributed by atoms with E-state index in [1.165, 1.54) is 11.3 Å². The van der Waals surface area contributed by atoms with E-state index in [9.17, 15) is 5.11 Å². The third-order valence-corrected chi connectivity index (χ3v) is 4.70. The molecule has 0 spiro atoms. The Morgan fingerprint density at radius 3 is 2.28 bits per heavy atom. The fourth-order valence-electron chi connectivity index (χ4n) is 1.95. The molecule has 1 nitrogen and oxygen atoms in total. The fourth-order valence-corrected chi connectivity index (χ4v) is 3.47. The zero-order valence-corrected chi connectivity index (χ0v) is 12.5. The molecule has 0 aliphatic carbocycles. The molecule has 96 valence electrons. The molecule has 1 aromatic carbocycles. The minimum absolute atomic E-state index is 0.421. The quantitative estimate of drug-likeness (QED) is 0.839. The van der Waals surface area contributed by atoms with Gasteiger partial charge in [-0.2, -0.15) is 0 Å². The standard InChI is InChI=1S/C14H14Cl2OS/c1-14(2,9-6-4-3-5-7-9)12(17)10-8-11(15)18-13(10)16/h3-8,12,17H,1-2H3. The highest BCUT2D eigenvalue weighted by Gasteiger charge is 2.33. The average Bonchev–Trinajstić information content (AvgIpc) is 2.68. The van der Waals surface area contributed by atoms with Crippen LogP contribution in [0.5, 0.6) is 0 Å². The van der Waals surface area contributed by atoms with Crippen LogP contribution in [0.25, 0.3) is 0 Å². The highest BCUT2D eigenvalue weighted by Crippen LogP contribution is 2.43. The van der Waals surface area contributed by atoms with Gasteiger partial charge in [-0.15, -0.1) is 11.3 Å². The molecule has 2 rings (SSSR count). The molecule has 0 bridgehead atoms. The van der Waals surface area contributed by atoms with Gasteiger partial charge in [0.2, 0.25) is 0 Å². The van der Waals surface area contributed by atoms with E-state index in [1.54, 1.807) is 6.07 Å². The monoisotopic (exact) mass is 300 g/mol. The van der Waals surface area contributed by atoms with Crippen LogP contribution in [0.1, 0.15) is 31.1 Å². The maximum Gasteiger partial charge on any atom is 0.100 e. The Morgan fingerprint density at radius 2 is 1.78 bits per heavy atom. The predicted octanol–water partition coefficient (Wildman–Crippen LogP) is 5.07. The van der Waals surface area contributed by atoms with E-state index in [-0.39, 0.29) is 0 Å². The molecule has 18 heavy (non-hydrogen) atoms. The summed E-state index contributed by atoms with van der Waals surface area (Å²) in [5.41, 5.74) is 1.34. The highest BCUT2D eigenvalue weighted by molar-refractivity contribution is 7.20. The van der Waals surface area contributed by atoms with Crippen LogP contribution in [0.4, 0.5) is 0 Å². The molecule has 2 aromatic rings. The lowest BCUT2D eigenvalue weighted by Gasteiger charge is -2.31. The zero-order valence-electron chi connectivity index (χ0n) is 10.2. The van der Waals surface area contributed by atoms with Gasteiger partial charge in [0.1, 0.15) is 4.34 Å². The number of thiophene rings is 1. The van der Waals surface area contributed by atoms with Crippen molar-refractivity contribution in [3.8, 4) is 0 Å². The van der Waals surface area contributed by atoms with Crippen molar-refractivity contribution in [2.24, 2.45) is 0 Å². The van der Waals surface area contributed by atoms with Crippen LogP contribution in [0.3, 0.4) is 0 Å². The Labute approximate surface area is 121 Å². The molecule has 1 atom stereocenters. The van der Waals surface area contributed by atoms with Gasteiger partial charge in [-0.1, -0.05) is 67.4 Å². The number of benzene rings is 1. The van der Waals surface area contributed by atoms with Crippen LogP contribution in [-0.4, -0.2) is 5.11 Å². The Bertz CT molecular complexity index is 534. The first-order chi connectivity index (χ1) is 8.43. The van der Waals surface area contributed by atoms with Gasteiger partial charge >= 0.3 is 0 Å². The molecule has 1 heterocycles. The summed E-state index contributed by atoms with van der Waals surface area (Å²) in [5.74, 6) is 0. The lowest BCUT2D eigenvalue weighted by atomic mass is 9.77. The van der Waals surface area contributed by atoms with Crippen LogP contribution in [0.15, 0.2) is 36.4 Å².